The number of benzene rings is 1. The highest BCUT2D eigenvalue weighted by Gasteiger charge is 2.46. The Kier molecular flexibility index (Phi) is 7.74. The number of amides is 3. The highest BCUT2D eigenvalue weighted by molar-refractivity contribution is 5.99. The number of pyridine rings is 1. The standard InChI is InChI=1S/C29H29FN8O7/c1-45-26(44)14-33-22(39)13-32-23(40)15-36-29-27-18(4-7-31-29)19-11-21-17(10-20(19)30)12-34-37(21)38(24(41)2-3-25(42)43)8-5-16(6-9-38)28(27)35-36/h4,7,10-12,16H,2-3,5-6,8-9,13-15H2,1H3,(H2-,32,33,39,40,42,43)/p+1. The van der Waals surface area contributed by atoms with Crippen molar-refractivity contribution in [2.24, 2.45) is 0 Å². The molecule has 15 nitrogen and oxygen atoms in total. The van der Waals surface area contributed by atoms with E-state index in [1.807, 2.05) is 0 Å². The number of carboxylic acids is 1. The Balaban J connectivity index is 1.39. The van der Waals surface area contributed by atoms with E-state index in [0.29, 0.717) is 59.1 Å². The Labute approximate surface area is 254 Å². The highest BCUT2D eigenvalue weighted by Crippen LogP contribution is 2.41. The number of methoxy groups -OCH3 is 1. The van der Waals surface area contributed by atoms with Crippen LogP contribution in [0.15, 0.2) is 30.6 Å². The van der Waals surface area contributed by atoms with E-state index in [-0.39, 0.29) is 54.5 Å². The molecule has 45 heavy (non-hydrogen) atoms. The minimum absolute atomic E-state index is 0.186. The van der Waals surface area contributed by atoms with Crippen LogP contribution in [-0.4, -0.2) is 92.7 Å². The van der Waals surface area contributed by atoms with Crippen LogP contribution in [0, 0.1) is 5.82 Å². The van der Waals surface area contributed by atoms with Crippen molar-refractivity contribution in [2.45, 2.75) is 38.1 Å². The van der Waals surface area contributed by atoms with Gasteiger partial charge in [-0.2, -0.15) is 5.10 Å². The number of quaternary nitrogens is 1. The largest absolute Gasteiger partial charge is 0.481 e. The van der Waals surface area contributed by atoms with E-state index in [0.717, 1.165) is 0 Å². The summed E-state index contributed by atoms with van der Waals surface area (Å²) in [5.74, 6) is -3.83. The highest BCUT2D eigenvalue weighted by atomic mass is 19.1. The van der Waals surface area contributed by atoms with E-state index in [1.54, 1.807) is 16.9 Å². The smallest absolute Gasteiger partial charge is 0.340 e. The Bertz CT molecular complexity index is 1870. The van der Waals surface area contributed by atoms with Crippen LogP contribution < -0.4 is 15.2 Å². The van der Waals surface area contributed by atoms with Crippen LogP contribution in [0.1, 0.15) is 37.3 Å². The fourth-order valence-corrected chi connectivity index (χ4v) is 6.20. The number of aliphatic carboxylic acids is 1. The first-order valence-corrected chi connectivity index (χ1v) is 14.4. The number of halogens is 1. The molecule has 1 aromatic carbocycles. The fourth-order valence-electron chi connectivity index (χ4n) is 6.20. The number of rotatable bonds is 9. The summed E-state index contributed by atoms with van der Waals surface area (Å²) in [6.07, 6.45) is 3.46. The third-order valence-electron chi connectivity index (χ3n) is 8.45. The van der Waals surface area contributed by atoms with Gasteiger partial charge in [-0.1, -0.05) is 4.79 Å². The van der Waals surface area contributed by atoms with Gasteiger partial charge in [0, 0.05) is 35.9 Å². The van der Waals surface area contributed by atoms with Crippen molar-refractivity contribution in [1.29, 1.82) is 0 Å². The van der Waals surface area contributed by atoms with Crippen LogP contribution in [0.4, 0.5) is 4.39 Å². The molecule has 4 bridgehead atoms. The van der Waals surface area contributed by atoms with Crippen molar-refractivity contribution >= 4 is 51.6 Å². The SMILES string of the molecule is COC(=O)CNC(=O)CNC(=O)Cn1nc2c3c(ccnc31)-c1cc3c(cnn3[N+]3(C(=O)CCC(=O)O)CCC2CC3)cc1F. The van der Waals surface area contributed by atoms with Crippen molar-refractivity contribution in [3.05, 3.63) is 42.1 Å². The predicted molar refractivity (Wildman–Crippen MR) is 155 cm³/mol. The van der Waals surface area contributed by atoms with Gasteiger partial charge in [0.1, 0.15) is 37.5 Å². The first kappa shape index (κ1) is 29.8. The van der Waals surface area contributed by atoms with E-state index < -0.39 is 29.6 Å². The summed E-state index contributed by atoms with van der Waals surface area (Å²) in [5, 5.41) is 24.5. The number of esters is 1. The summed E-state index contributed by atoms with van der Waals surface area (Å²) >= 11 is 0. The molecule has 3 N–H and O–H groups in total. The van der Waals surface area contributed by atoms with Gasteiger partial charge in [0.05, 0.1) is 43.8 Å². The van der Waals surface area contributed by atoms with Gasteiger partial charge in [-0.3, -0.25) is 19.2 Å². The van der Waals surface area contributed by atoms with Gasteiger partial charge in [-0.05, 0) is 23.8 Å². The van der Waals surface area contributed by atoms with Gasteiger partial charge in [-0.15, -0.1) is 9.69 Å². The molecule has 0 atom stereocenters. The zero-order valence-corrected chi connectivity index (χ0v) is 24.3. The lowest BCUT2D eigenvalue weighted by Gasteiger charge is -2.39. The molecule has 16 heteroatoms. The van der Waals surface area contributed by atoms with Crippen LogP contribution in [0.25, 0.3) is 33.1 Å². The molecule has 3 aliphatic rings. The molecule has 1 fully saturated rings. The first-order chi connectivity index (χ1) is 21.6. The lowest BCUT2D eigenvalue weighted by atomic mass is 9.89. The first-order valence-electron chi connectivity index (χ1n) is 14.4. The maximum Gasteiger partial charge on any atom is 0.340 e. The van der Waals surface area contributed by atoms with Gasteiger partial charge in [0.2, 0.25) is 11.8 Å². The third-order valence-corrected chi connectivity index (χ3v) is 8.45. The van der Waals surface area contributed by atoms with Crippen molar-refractivity contribution in [2.75, 3.05) is 33.3 Å². The van der Waals surface area contributed by atoms with Crippen LogP contribution in [0.3, 0.4) is 0 Å². The minimum Gasteiger partial charge on any atom is -0.481 e. The summed E-state index contributed by atoms with van der Waals surface area (Å²) < 4.78 is 21.4. The van der Waals surface area contributed by atoms with Crippen LogP contribution >= 0.6 is 0 Å². The second-order valence-corrected chi connectivity index (χ2v) is 11.1. The summed E-state index contributed by atoms with van der Waals surface area (Å²) in [6, 6.07) is 4.67. The Morgan fingerprint density at radius 2 is 1.82 bits per heavy atom. The number of fused-ring (bicyclic) bond motifs is 2. The number of piperidine rings is 1. The van der Waals surface area contributed by atoms with Gasteiger partial charge in [-0.25, -0.2) is 18.9 Å². The summed E-state index contributed by atoms with van der Waals surface area (Å²) in [4.78, 5) is 67.3. The van der Waals surface area contributed by atoms with Crippen molar-refractivity contribution in [3.63, 3.8) is 0 Å². The summed E-state index contributed by atoms with van der Waals surface area (Å²) in [6.45, 7) is -0.389. The van der Waals surface area contributed by atoms with Crippen molar-refractivity contribution in [3.8, 4) is 11.1 Å². The molecular formula is C29H30FN8O7+. The molecule has 0 saturated carbocycles. The average Bonchev–Trinajstić information content (AvgIpc) is 3.61. The molecule has 0 spiro atoms. The molecule has 4 aromatic rings. The second kappa shape index (κ2) is 11.7. The van der Waals surface area contributed by atoms with Gasteiger partial charge >= 0.3 is 17.8 Å². The van der Waals surface area contributed by atoms with E-state index in [2.05, 4.69) is 25.5 Å². The monoisotopic (exact) mass is 621 g/mol. The number of aromatic nitrogens is 5. The van der Waals surface area contributed by atoms with Crippen LogP contribution in [0.5, 0.6) is 0 Å². The molecule has 1 saturated heterocycles. The minimum atomic E-state index is -1.08. The summed E-state index contributed by atoms with van der Waals surface area (Å²) in [5.41, 5.74) is 2.23. The normalized spacial score (nSPS) is 18.5. The van der Waals surface area contributed by atoms with Gasteiger partial charge < -0.3 is 20.5 Å². The molecule has 7 rings (SSSR count). The third kappa shape index (κ3) is 5.37. The van der Waals surface area contributed by atoms with Crippen molar-refractivity contribution < 1.29 is 38.2 Å². The lowest BCUT2D eigenvalue weighted by molar-refractivity contribution is -0.145. The summed E-state index contributed by atoms with van der Waals surface area (Å²) in [7, 11) is 1.19. The topological polar surface area (TPSA) is 187 Å². The molecule has 234 valence electrons. The number of nitrogens with one attached hydrogen (secondary N) is 2. The number of hydrogen-bond acceptors (Lipinski definition) is 9. The lowest BCUT2D eigenvalue weighted by Crippen LogP contribution is -2.65. The zero-order chi connectivity index (χ0) is 31.9. The van der Waals surface area contributed by atoms with E-state index in [4.69, 9.17) is 5.10 Å². The molecule has 3 amide bonds. The Morgan fingerprint density at radius 3 is 2.56 bits per heavy atom. The molecule has 6 heterocycles. The maximum absolute atomic E-state index is 15.7. The molecule has 3 aromatic heterocycles. The number of carbonyl (C=O) groups excluding carboxylic acids is 4. The number of carbonyl (C=O) groups is 5. The van der Waals surface area contributed by atoms with E-state index in [1.165, 1.54) is 30.3 Å². The van der Waals surface area contributed by atoms with Gasteiger partial charge in [0.15, 0.2) is 5.65 Å². The second-order valence-electron chi connectivity index (χ2n) is 11.1. The molecule has 0 radical (unpaired) electrons. The number of hydrogen-bond donors (Lipinski definition) is 3. The Hall–Kier alpha value is -5.25. The van der Waals surface area contributed by atoms with Crippen LogP contribution in [-0.2, 0) is 35.3 Å². The Morgan fingerprint density at radius 1 is 1.07 bits per heavy atom. The van der Waals surface area contributed by atoms with E-state index in [9.17, 15) is 29.1 Å². The number of ether oxygens (including phenoxy) is 1. The quantitative estimate of drug-likeness (QED) is 0.177. The fraction of sp³-hybridized carbons (Fsp3) is 0.379. The maximum atomic E-state index is 15.7. The molecule has 0 aliphatic carbocycles. The molecular weight excluding hydrogens is 591 g/mol. The number of carboxylic acid groups (broad SMARTS) is 1. The van der Waals surface area contributed by atoms with Crippen LogP contribution in [0.2, 0.25) is 0 Å². The van der Waals surface area contributed by atoms with E-state index >= 15 is 4.39 Å². The molecule has 3 aliphatic heterocycles. The predicted octanol–water partition coefficient (Wildman–Crippen LogP) is 0.714. The van der Waals surface area contributed by atoms with Crippen molar-refractivity contribution in [1.82, 2.24) is 39.9 Å². The number of nitrogens with zero attached hydrogens (tertiary/aromatic N) is 6. The zero-order valence-electron chi connectivity index (χ0n) is 24.3. The van der Waals surface area contributed by atoms with Gasteiger partial charge in [0.25, 0.3) is 0 Å². The molecule has 0 unspecified atom stereocenters. The average molecular weight is 622 g/mol.